The van der Waals surface area contributed by atoms with Crippen LogP contribution in [-0.4, -0.2) is 19.9 Å². The van der Waals surface area contributed by atoms with Gasteiger partial charge in [0.1, 0.15) is 11.3 Å². The van der Waals surface area contributed by atoms with E-state index in [-0.39, 0.29) is 0 Å². The lowest BCUT2D eigenvalue weighted by Crippen LogP contribution is -2.01. The quantitative estimate of drug-likeness (QED) is 0.164. The molecule has 12 rings (SSSR count). The molecule has 0 aliphatic carbocycles. The Morgan fingerprint density at radius 2 is 0.915 bits per heavy atom. The molecule has 0 saturated heterocycles. The van der Waals surface area contributed by atoms with Gasteiger partial charge in [-0.2, -0.15) is 0 Å². The van der Waals surface area contributed by atoms with Crippen LogP contribution in [0.1, 0.15) is 0 Å². The van der Waals surface area contributed by atoms with E-state index in [1.54, 1.807) is 0 Å². The molecule has 0 aliphatic heterocycles. The summed E-state index contributed by atoms with van der Waals surface area (Å²) in [6.45, 7) is 0. The van der Waals surface area contributed by atoms with Crippen molar-refractivity contribution >= 4 is 65.2 Å². The number of rotatable bonds is 5. The summed E-state index contributed by atoms with van der Waals surface area (Å²) in [6, 6.07) is 67.5. The van der Waals surface area contributed by atoms with Gasteiger partial charge in [-0.3, -0.25) is 0 Å². The minimum Gasteiger partial charge on any atom is -0.454 e. The van der Waals surface area contributed by atoms with Crippen molar-refractivity contribution in [3.8, 4) is 56.5 Å². The van der Waals surface area contributed by atoms with Gasteiger partial charge >= 0.3 is 0 Å². The Morgan fingerprint density at radius 3 is 1.78 bits per heavy atom. The number of hydrogen-bond acceptors (Lipinski definition) is 5. The molecule has 0 aliphatic rings. The zero-order chi connectivity index (χ0) is 38.9. The molecule has 9 aromatic carbocycles. The number of hydrogen-bond donors (Lipinski definition) is 0. The van der Waals surface area contributed by atoms with Crippen molar-refractivity contribution in [2.45, 2.75) is 0 Å². The molecule has 0 spiro atoms. The fourth-order valence-corrected chi connectivity index (χ4v) is 8.69. The Hall–Kier alpha value is -8.02. The zero-order valence-corrected chi connectivity index (χ0v) is 31.7. The van der Waals surface area contributed by atoms with E-state index in [1.807, 2.05) is 48.5 Å². The summed E-state index contributed by atoms with van der Waals surface area (Å²) < 4.78 is 6.62. The molecule has 0 radical (unpaired) electrons. The van der Waals surface area contributed by atoms with Gasteiger partial charge in [0.15, 0.2) is 23.1 Å². The van der Waals surface area contributed by atoms with E-state index in [0.29, 0.717) is 17.5 Å². The molecule has 3 heterocycles. The van der Waals surface area contributed by atoms with Gasteiger partial charge in [0.05, 0.1) is 5.52 Å². The van der Waals surface area contributed by atoms with Crippen LogP contribution in [0.2, 0.25) is 0 Å². The number of aromatic nitrogens is 4. The average molecular weight is 753 g/mol. The van der Waals surface area contributed by atoms with Crippen LogP contribution in [-0.2, 0) is 0 Å². The standard InChI is InChI=1S/C54H32N4O/c1-2-14-34(15-3-1)52-56-53(38-17-12-16-35(32-38)36-27-28-40-37(31-36)26-25-33-13-4-5-18-39(33)40)58-54(57-52)44-30-29-43(41-19-6-7-20-42(41)44)50-51-49(45-21-8-10-23-47(45)55-50)46-22-9-11-24-48(46)59-51/h1-32H. The number of pyridine rings is 1. The van der Waals surface area contributed by atoms with E-state index in [2.05, 4.69) is 146 Å². The maximum atomic E-state index is 6.62. The van der Waals surface area contributed by atoms with Crippen LogP contribution in [0.4, 0.5) is 0 Å². The Kier molecular flexibility index (Phi) is 7.47. The van der Waals surface area contributed by atoms with Gasteiger partial charge < -0.3 is 4.42 Å². The van der Waals surface area contributed by atoms with Crippen LogP contribution in [0.5, 0.6) is 0 Å². The molecule has 0 amide bonds. The second kappa shape index (κ2) is 13.3. The van der Waals surface area contributed by atoms with Gasteiger partial charge in [0.2, 0.25) is 0 Å². The third-order valence-electron chi connectivity index (χ3n) is 11.5. The number of benzene rings is 9. The predicted molar refractivity (Wildman–Crippen MR) is 242 cm³/mol. The second-order valence-corrected chi connectivity index (χ2v) is 15.0. The maximum absolute atomic E-state index is 6.62. The first kappa shape index (κ1) is 33.2. The lowest BCUT2D eigenvalue weighted by atomic mass is 9.95. The van der Waals surface area contributed by atoms with Crippen LogP contribution in [0, 0.1) is 0 Å². The number of furan rings is 1. The highest BCUT2D eigenvalue weighted by atomic mass is 16.3. The van der Waals surface area contributed by atoms with Gasteiger partial charge in [-0.25, -0.2) is 19.9 Å². The number of nitrogens with zero attached hydrogens (tertiary/aromatic N) is 4. The van der Waals surface area contributed by atoms with E-state index in [9.17, 15) is 0 Å². The van der Waals surface area contributed by atoms with Crippen LogP contribution in [0.25, 0.3) is 122 Å². The lowest BCUT2D eigenvalue weighted by molar-refractivity contribution is 0.669. The van der Waals surface area contributed by atoms with Crippen LogP contribution in [0.3, 0.4) is 0 Å². The Morgan fingerprint density at radius 1 is 0.322 bits per heavy atom. The smallest absolute Gasteiger partial charge is 0.164 e. The highest BCUT2D eigenvalue weighted by molar-refractivity contribution is 6.22. The zero-order valence-electron chi connectivity index (χ0n) is 31.7. The van der Waals surface area contributed by atoms with Gasteiger partial charge in [0.25, 0.3) is 0 Å². The molecule has 0 saturated carbocycles. The summed E-state index contributed by atoms with van der Waals surface area (Å²) in [5.74, 6) is 1.82. The van der Waals surface area contributed by atoms with Crippen molar-refractivity contribution in [2.75, 3.05) is 0 Å². The molecule has 12 aromatic rings. The first-order valence-electron chi connectivity index (χ1n) is 19.8. The molecule has 59 heavy (non-hydrogen) atoms. The summed E-state index contributed by atoms with van der Waals surface area (Å²) in [4.78, 5) is 20.7. The lowest BCUT2D eigenvalue weighted by Gasteiger charge is -2.14. The van der Waals surface area contributed by atoms with Crippen molar-refractivity contribution in [3.05, 3.63) is 194 Å². The molecule has 0 N–H and O–H groups in total. The van der Waals surface area contributed by atoms with Crippen LogP contribution < -0.4 is 0 Å². The molecule has 274 valence electrons. The van der Waals surface area contributed by atoms with Crippen molar-refractivity contribution in [3.63, 3.8) is 0 Å². The summed E-state index contributed by atoms with van der Waals surface area (Å²) in [5.41, 5.74) is 9.28. The summed E-state index contributed by atoms with van der Waals surface area (Å²) >= 11 is 0. The second-order valence-electron chi connectivity index (χ2n) is 15.0. The molecular weight excluding hydrogens is 721 g/mol. The Bertz CT molecular complexity index is 3630. The largest absolute Gasteiger partial charge is 0.454 e. The van der Waals surface area contributed by atoms with Crippen molar-refractivity contribution in [2.24, 2.45) is 0 Å². The molecular formula is C54H32N4O. The third kappa shape index (κ3) is 5.47. The summed E-state index contributed by atoms with van der Waals surface area (Å²) in [6.07, 6.45) is 0. The molecule has 5 heteroatoms. The predicted octanol–water partition coefficient (Wildman–Crippen LogP) is 14.1. The average Bonchev–Trinajstić information content (AvgIpc) is 3.71. The number of fused-ring (bicyclic) bond motifs is 9. The fraction of sp³-hybridized carbons (Fsp3) is 0. The highest BCUT2D eigenvalue weighted by Crippen LogP contribution is 2.43. The maximum Gasteiger partial charge on any atom is 0.164 e. The van der Waals surface area contributed by atoms with E-state index in [1.165, 1.54) is 21.5 Å². The van der Waals surface area contributed by atoms with Gasteiger partial charge in [-0.05, 0) is 73.8 Å². The summed E-state index contributed by atoms with van der Waals surface area (Å²) in [7, 11) is 0. The summed E-state index contributed by atoms with van der Waals surface area (Å²) in [5, 5.41) is 10.2. The highest BCUT2D eigenvalue weighted by Gasteiger charge is 2.21. The van der Waals surface area contributed by atoms with Crippen LogP contribution >= 0.6 is 0 Å². The first-order valence-corrected chi connectivity index (χ1v) is 19.8. The molecule has 5 nitrogen and oxygen atoms in total. The normalized spacial score (nSPS) is 11.7. The first-order chi connectivity index (χ1) is 29.2. The molecule has 0 atom stereocenters. The minimum absolute atomic E-state index is 0.597. The Balaban J connectivity index is 1.03. The SMILES string of the molecule is c1ccc(-c2nc(-c3cccc(-c4ccc5c(ccc6ccccc65)c4)c3)nc(-c3ccc(-c4nc5ccccc5c5c4oc4ccccc45)c4ccccc34)n2)cc1. The minimum atomic E-state index is 0.597. The van der Waals surface area contributed by atoms with Gasteiger partial charge in [0, 0.05) is 38.4 Å². The molecule has 0 fully saturated rings. The topological polar surface area (TPSA) is 64.7 Å². The third-order valence-corrected chi connectivity index (χ3v) is 11.5. The monoisotopic (exact) mass is 752 g/mol. The molecule has 3 aromatic heterocycles. The van der Waals surface area contributed by atoms with E-state index in [0.717, 1.165) is 82.7 Å². The van der Waals surface area contributed by atoms with Gasteiger partial charge in [-0.15, -0.1) is 0 Å². The van der Waals surface area contributed by atoms with Crippen molar-refractivity contribution < 1.29 is 4.42 Å². The van der Waals surface area contributed by atoms with Crippen LogP contribution in [0.15, 0.2) is 199 Å². The van der Waals surface area contributed by atoms with Crippen molar-refractivity contribution in [1.29, 1.82) is 0 Å². The Labute approximate surface area is 338 Å². The van der Waals surface area contributed by atoms with Crippen molar-refractivity contribution in [1.82, 2.24) is 19.9 Å². The molecule has 0 unspecified atom stereocenters. The molecule has 0 bridgehead atoms. The van der Waals surface area contributed by atoms with Gasteiger partial charge in [-0.1, -0.05) is 164 Å². The van der Waals surface area contributed by atoms with E-state index >= 15 is 0 Å². The fourth-order valence-electron chi connectivity index (χ4n) is 8.69. The van der Waals surface area contributed by atoms with E-state index in [4.69, 9.17) is 24.4 Å². The van der Waals surface area contributed by atoms with E-state index < -0.39 is 0 Å². The number of para-hydroxylation sites is 2.